The number of benzene rings is 1. The van der Waals surface area contributed by atoms with Crippen LogP contribution in [0.4, 0.5) is 0 Å². The number of ether oxygens (including phenoxy) is 1. The molecule has 1 aliphatic rings. The molecule has 1 amide bonds. The number of amides is 1. The topological polar surface area (TPSA) is 81.4 Å². The molecule has 0 radical (unpaired) electrons. The van der Waals surface area contributed by atoms with Crippen LogP contribution >= 0.6 is 34.5 Å². The molecule has 10 heteroatoms. The highest BCUT2D eigenvalue weighted by Crippen LogP contribution is 2.39. The van der Waals surface area contributed by atoms with E-state index in [9.17, 15) is 4.79 Å². The third kappa shape index (κ3) is 3.05. The van der Waals surface area contributed by atoms with Crippen LogP contribution in [0.3, 0.4) is 0 Å². The predicted octanol–water partition coefficient (Wildman–Crippen LogP) is 3.31. The zero-order valence-electron chi connectivity index (χ0n) is 13.1. The Labute approximate surface area is 156 Å². The zero-order valence-corrected chi connectivity index (χ0v) is 15.5. The molecule has 1 aliphatic carbocycles. The third-order valence-corrected chi connectivity index (χ3v) is 5.40. The predicted molar refractivity (Wildman–Crippen MR) is 94.8 cm³/mol. The van der Waals surface area contributed by atoms with Crippen LogP contribution in [0.2, 0.25) is 10.0 Å². The molecule has 1 N–H and O–H groups in total. The molecule has 0 spiro atoms. The van der Waals surface area contributed by atoms with Gasteiger partial charge in [0.15, 0.2) is 11.6 Å². The first-order valence-electron chi connectivity index (χ1n) is 7.59. The first-order chi connectivity index (χ1) is 12.1. The molecule has 7 nitrogen and oxygen atoms in total. The number of hydrogen-bond acceptors (Lipinski definition) is 6. The van der Waals surface area contributed by atoms with Gasteiger partial charge in [-0.2, -0.15) is 9.61 Å². The van der Waals surface area contributed by atoms with Crippen LogP contribution < -0.4 is 10.1 Å². The molecular weight excluding hydrogens is 385 g/mol. The molecule has 4 rings (SSSR count). The number of carbonyl (C=O) groups is 1. The van der Waals surface area contributed by atoms with E-state index in [0.29, 0.717) is 10.9 Å². The van der Waals surface area contributed by atoms with Crippen molar-refractivity contribution in [1.29, 1.82) is 0 Å². The number of aromatic nitrogens is 4. The van der Waals surface area contributed by atoms with Crippen LogP contribution in [0.25, 0.3) is 4.96 Å². The molecule has 25 heavy (non-hydrogen) atoms. The summed E-state index contributed by atoms with van der Waals surface area (Å²) in [6.07, 6.45) is 2.24. The maximum Gasteiger partial charge on any atom is 0.256 e. The van der Waals surface area contributed by atoms with Crippen LogP contribution in [-0.2, 0) is 6.54 Å². The largest absolute Gasteiger partial charge is 0.494 e. The summed E-state index contributed by atoms with van der Waals surface area (Å²) in [4.78, 5) is 13.2. The minimum Gasteiger partial charge on any atom is -0.494 e. The van der Waals surface area contributed by atoms with E-state index < -0.39 is 0 Å². The van der Waals surface area contributed by atoms with Gasteiger partial charge in [0.1, 0.15) is 10.6 Å². The average Bonchev–Trinajstić information content (AvgIpc) is 3.24. The van der Waals surface area contributed by atoms with Gasteiger partial charge in [0, 0.05) is 5.92 Å². The number of carbonyl (C=O) groups excluding carboxylic acids is 1. The van der Waals surface area contributed by atoms with Crippen molar-refractivity contribution in [2.45, 2.75) is 25.3 Å². The first-order valence-corrected chi connectivity index (χ1v) is 9.17. The fourth-order valence-electron chi connectivity index (χ4n) is 2.53. The van der Waals surface area contributed by atoms with Gasteiger partial charge in [-0.3, -0.25) is 4.79 Å². The molecule has 0 aliphatic heterocycles. The summed E-state index contributed by atoms with van der Waals surface area (Å²) in [5.41, 5.74) is 0.207. The van der Waals surface area contributed by atoms with Crippen LogP contribution in [0.5, 0.6) is 5.75 Å². The van der Waals surface area contributed by atoms with E-state index in [1.54, 1.807) is 16.6 Å². The molecule has 0 saturated heterocycles. The van der Waals surface area contributed by atoms with Crippen molar-refractivity contribution in [3.8, 4) is 5.75 Å². The fraction of sp³-hybridized carbons (Fsp3) is 0.333. The van der Waals surface area contributed by atoms with Crippen molar-refractivity contribution < 1.29 is 9.53 Å². The molecular formula is C15H13Cl2N5O2S. The van der Waals surface area contributed by atoms with Crippen molar-refractivity contribution in [3.05, 3.63) is 38.6 Å². The summed E-state index contributed by atoms with van der Waals surface area (Å²) in [6, 6.07) is 3.15. The van der Waals surface area contributed by atoms with E-state index in [0.717, 1.165) is 28.6 Å². The summed E-state index contributed by atoms with van der Waals surface area (Å²) < 4.78 is 6.96. The highest BCUT2D eigenvalue weighted by Gasteiger charge is 2.30. The Morgan fingerprint density at radius 2 is 2.12 bits per heavy atom. The van der Waals surface area contributed by atoms with Gasteiger partial charge in [-0.25, -0.2) is 0 Å². The molecule has 1 saturated carbocycles. The first kappa shape index (κ1) is 16.6. The molecule has 1 aromatic carbocycles. The summed E-state index contributed by atoms with van der Waals surface area (Å²) >= 11 is 13.6. The summed E-state index contributed by atoms with van der Waals surface area (Å²) in [6.45, 7) is 0.253. The van der Waals surface area contributed by atoms with E-state index in [1.807, 2.05) is 0 Å². The van der Waals surface area contributed by atoms with Crippen LogP contribution in [0.15, 0.2) is 12.1 Å². The number of nitrogens with one attached hydrogen (secondary N) is 1. The number of nitrogens with zero attached hydrogens (tertiary/aromatic N) is 4. The highest BCUT2D eigenvalue weighted by atomic mass is 35.5. The van der Waals surface area contributed by atoms with Gasteiger partial charge >= 0.3 is 0 Å². The van der Waals surface area contributed by atoms with Gasteiger partial charge in [0.05, 0.1) is 23.7 Å². The Morgan fingerprint density at radius 3 is 2.84 bits per heavy atom. The van der Waals surface area contributed by atoms with Crippen LogP contribution in [0.1, 0.15) is 39.9 Å². The minimum absolute atomic E-state index is 0.207. The van der Waals surface area contributed by atoms with Gasteiger partial charge in [0.2, 0.25) is 4.96 Å². The molecule has 3 aromatic rings. The van der Waals surface area contributed by atoms with Crippen molar-refractivity contribution in [2.75, 3.05) is 7.11 Å². The Hall–Kier alpha value is -1.90. The average molecular weight is 398 g/mol. The Morgan fingerprint density at radius 1 is 1.36 bits per heavy atom. The monoisotopic (exact) mass is 397 g/mol. The lowest BCUT2D eigenvalue weighted by atomic mass is 10.2. The second kappa shape index (κ2) is 6.44. The highest BCUT2D eigenvalue weighted by molar-refractivity contribution is 7.16. The number of rotatable bonds is 5. The Bertz CT molecular complexity index is 966. The molecule has 130 valence electrons. The lowest BCUT2D eigenvalue weighted by Crippen LogP contribution is -2.24. The lowest BCUT2D eigenvalue weighted by molar-refractivity contribution is 0.0948. The molecule has 2 aromatic heterocycles. The maximum atomic E-state index is 12.5. The quantitative estimate of drug-likeness (QED) is 0.713. The molecule has 2 heterocycles. The molecule has 0 atom stereocenters. The van der Waals surface area contributed by atoms with Crippen LogP contribution in [0, 0.1) is 0 Å². The number of hydrogen-bond donors (Lipinski definition) is 1. The minimum atomic E-state index is -0.377. The second-order valence-electron chi connectivity index (χ2n) is 5.64. The van der Waals surface area contributed by atoms with E-state index in [1.165, 1.54) is 18.4 Å². The van der Waals surface area contributed by atoms with E-state index in [4.69, 9.17) is 27.9 Å². The van der Waals surface area contributed by atoms with Crippen molar-refractivity contribution in [2.24, 2.45) is 0 Å². The zero-order chi connectivity index (χ0) is 17.6. The standard InChI is InChI=1S/C15H13Cl2N5O2S/c1-24-12-9(17)5-4-8(16)11(12)14(23)18-6-10-21-22-13(7-2-3-7)19-20-15(22)25-10/h4-5,7H,2-3,6H2,1H3,(H,18,23). The maximum absolute atomic E-state index is 12.5. The summed E-state index contributed by atoms with van der Waals surface area (Å²) in [5, 5.41) is 16.9. The van der Waals surface area contributed by atoms with Gasteiger partial charge < -0.3 is 10.1 Å². The van der Waals surface area contributed by atoms with Crippen molar-refractivity contribution in [1.82, 2.24) is 25.1 Å². The van der Waals surface area contributed by atoms with Gasteiger partial charge in [-0.15, -0.1) is 10.2 Å². The van der Waals surface area contributed by atoms with Gasteiger partial charge in [-0.05, 0) is 25.0 Å². The fourth-order valence-corrected chi connectivity index (χ4v) is 3.78. The molecule has 0 unspecified atom stereocenters. The normalized spacial score (nSPS) is 14.0. The lowest BCUT2D eigenvalue weighted by Gasteiger charge is -2.11. The second-order valence-corrected chi connectivity index (χ2v) is 7.50. The summed E-state index contributed by atoms with van der Waals surface area (Å²) in [5.74, 6) is 1.22. The van der Waals surface area contributed by atoms with Crippen LogP contribution in [-0.4, -0.2) is 32.8 Å². The molecule has 0 bridgehead atoms. The van der Waals surface area contributed by atoms with Gasteiger partial charge in [0.25, 0.3) is 5.91 Å². The number of halogens is 2. The smallest absolute Gasteiger partial charge is 0.256 e. The van der Waals surface area contributed by atoms with E-state index in [2.05, 4.69) is 20.6 Å². The number of fused-ring (bicyclic) bond motifs is 1. The Kier molecular flexibility index (Phi) is 4.26. The summed E-state index contributed by atoms with van der Waals surface area (Å²) in [7, 11) is 1.44. The van der Waals surface area contributed by atoms with Crippen molar-refractivity contribution in [3.63, 3.8) is 0 Å². The van der Waals surface area contributed by atoms with Crippen molar-refractivity contribution >= 4 is 45.4 Å². The SMILES string of the molecule is COc1c(Cl)ccc(Cl)c1C(=O)NCc1nn2c(C3CC3)nnc2s1. The third-order valence-electron chi connectivity index (χ3n) is 3.89. The van der Waals surface area contributed by atoms with Gasteiger partial charge in [-0.1, -0.05) is 34.5 Å². The Balaban J connectivity index is 1.53. The number of methoxy groups -OCH3 is 1. The van der Waals surface area contributed by atoms with E-state index in [-0.39, 0.29) is 28.8 Å². The molecule has 1 fully saturated rings. The van der Waals surface area contributed by atoms with E-state index >= 15 is 0 Å².